The number of nitrogens with one attached hydrogen (secondary N) is 1. The van der Waals surface area contributed by atoms with Gasteiger partial charge in [-0.05, 0) is 25.0 Å². The van der Waals surface area contributed by atoms with Gasteiger partial charge < -0.3 is 5.32 Å². The Bertz CT molecular complexity index is 582. The van der Waals surface area contributed by atoms with Crippen LogP contribution in [-0.4, -0.2) is 21.0 Å². The SMILES string of the molecule is Fc1ncccc1-c1cc(NC2CCCCC2)ncn1. The van der Waals surface area contributed by atoms with E-state index in [1.165, 1.54) is 44.6 Å². The van der Waals surface area contributed by atoms with Gasteiger partial charge in [-0.25, -0.2) is 15.0 Å². The van der Waals surface area contributed by atoms with Gasteiger partial charge in [0.15, 0.2) is 0 Å². The Morgan fingerprint density at radius 3 is 2.75 bits per heavy atom. The van der Waals surface area contributed by atoms with Gasteiger partial charge in [0.05, 0.1) is 11.3 Å². The lowest BCUT2D eigenvalue weighted by Crippen LogP contribution is -2.22. The zero-order valence-corrected chi connectivity index (χ0v) is 11.2. The quantitative estimate of drug-likeness (QED) is 0.870. The summed E-state index contributed by atoms with van der Waals surface area (Å²) < 4.78 is 13.7. The van der Waals surface area contributed by atoms with Crippen LogP contribution in [0.3, 0.4) is 0 Å². The molecule has 2 heterocycles. The number of nitrogens with zero attached hydrogens (tertiary/aromatic N) is 3. The van der Waals surface area contributed by atoms with Crippen molar-refractivity contribution in [1.82, 2.24) is 15.0 Å². The van der Waals surface area contributed by atoms with E-state index in [4.69, 9.17) is 0 Å². The summed E-state index contributed by atoms with van der Waals surface area (Å²) in [4.78, 5) is 12.0. The van der Waals surface area contributed by atoms with Gasteiger partial charge in [0.2, 0.25) is 5.95 Å². The lowest BCUT2D eigenvalue weighted by molar-refractivity contribution is 0.462. The molecule has 1 aliphatic rings. The van der Waals surface area contributed by atoms with Gasteiger partial charge in [0.25, 0.3) is 0 Å². The van der Waals surface area contributed by atoms with E-state index in [1.807, 2.05) is 0 Å². The minimum absolute atomic E-state index is 0.404. The number of hydrogen-bond acceptors (Lipinski definition) is 4. The predicted molar refractivity (Wildman–Crippen MR) is 75.7 cm³/mol. The van der Waals surface area contributed by atoms with Crippen molar-refractivity contribution in [2.75, 3.05) is 5.32 Å². The van der Waals surface area contributed by atoms with Crippen molar-refractivity contribution >= 4 is 5.82 Å². The molecule has 0 atom stereocenters. The van der Waals surface area contributed by atoms with Crippen molar-refractivity contribution in [3.63, 3.8) is 0 Å². The Balaban J connectivity index is 1.80. The molecule has 1 saturated carbocycles. The summed E-state index contributed by atoms with van der Waals surface area (Å²) in [6, 6.07) is 5.63. The third kappa shape index (κ3) is 2.92. The first-order valence-electron chi connectivity index (χ1n) is 7.02. The lowest BCUT2D eigenvalue weighted by Gasteiger charge is -2.23. The van der Waals surface area contributed by atoms with E-state index >= 15 is 0 Å². The minimum atomic E-state index is -0.505. The Morgan fingerprint density at radius 2 is 1.95 bits per heavy atom. The highest BCUT2D eigenvalue weighted by Crippen LogP contribution is 2.23. The van der Waals surface area contributed by atoms with Crippen LogP contribution in [0.4, 0.5) is 10.2 Å². The van der Waals surface area contributed by atoms with E-state index < -0.39 is 5.95 Å². The van der Waals surface area contributed by atoms with Crippen molar-refractivity contribution < 1.29 is 4.39 Å². The maximum atomic E-state index is 13.7. The first-order chi connectivity index (χ1) is 9.83. The van der Waals surface area contributed by atoms with E-state index in [0.717, 1.165) is 5.82 Å². The van der Waals surface area contributed by atoms with Crippen LogP contribution in [0.5, 0.6) is 0 Å². The molecule has 0 spiro atoms. The van der Waals surface area contributed by atoms with Crippen LogP contribution in [0.15, 0.2) is 30.7 Å². The van der Waals surface area contributed by atoms with Gasteiger partial charge in [-0.1, -0.05) is 19.3 Å². The first-order valence-corrected chi connectivity index (χ1v) is 7.02. The molecule has 0 aliphatic heterocycles. The van der Waals surface area contributed by atoms with Crippen molar-refractivity contribution in [1.29, 1.82) is 0 Å². The van der Waals surface area contributed by atoms with Gasteiger partial charge in [0.1, 0.15) is 12.1 Å². The molecule has 0 unspecified atom stereocenters. The van der Waals surface area contributed by atoms with E-state index in [-0.39, 0.29) is 0 Å². The van der Waals surface area contributed by atoms with Crippen LogP contribution in [0, 0.1) is 5.95 Å². The fraction of sp³-hybridized carbons (Fsp3) is 0.400. The van der Waals surface area contributed by atoms with Crippen LogP contribution in [0.2, 0.25) is 0 Å². The van der Waals surface area contributed by atoms with Gasteiger partial charge >= 0.3 is 0 Å². The largest absolute Gasteiger partial charge is 0.367 e. The summed E-state index contributed by atoms with van der Waals surface area (Å²) in [7, 11) is 0. The molecule has 1 aliphatic carbocycles. The van der Waals surface area contributed by atoms with Gasteiger partial charge in [-0.3, -0.25) is 0 Å². The molecule has 4 nitrogen and oxygen atoms in total. The number of rotatable bonds is 3. The Kier molecular flexibility index (Phi) is 3.85. The highest BCUT2D eigenvalue weighted by molar-refractivity contribution is 5.61. The molecular weight excluding hydrogens is 255 g/mol. The summed E-state index contributed by atoms with van der Waals surface area (Å²) in [6.45, 7) is 0. The zero-order chi connectivity index (χ0) is 13.8. The molecule has 0 amide bonds. The van der Waals surface area contributed by atoms with E-state index in [0.29, 0.717) is 17.3 Å². The second-order valence-electron chi connectivity index (χ2n) is 5.11. The number of halogens is 1. The second kappa shape index (κ2) is 5.94. The zero-order valence-electron chi connectivity index (χ0n) is 11.2. The molecule has 3 rings (SSSR count). The number of pyridine rings is 1. The fourth-order valence-electron chi connectivity index (χ4n) is 2.62. The molecule has 2 aromatic rings. The molecule has 0 aromatic carbocycles. The highest BCUT2D eigenvalue weighted by Gasteiger charge is 2.14. The maximum Gasteiger partial charge on any atom is 0.222 e. The molecule has 2 aromatic heterocycles. The van der Waals surface area contributed by atoms with E-state index in [2.05, 4.69) is 20.3 Å². The van der Waals surface area contributed by atoms with Crippen LogP contribution >= 0.6 is 0 Å². The van der Waals surface area contributed by atoms with Crippen LogP contribution < -0.4 is 5.32 Å². The molecule has 0 radical (unpaired) electrons. The summed E-state index contributed by atoms with van der Waals surface area (Å²) in [5.41, 5.74) is 0.963. The highest BCUT2D eigenvalue weighted by atomic mass is 19.1. The molecule has 5 heteroatoms. The molecule has 1 N–H and O–H groups in total. The van der Waals surface area contributed by atoms with Crippen molar-refractivity contribution in [3.8, 4) is 11.3 Å². The molecule has 0 bridgehead atoms. The third-order valence-corrected chi connectivity index (χ3v) is 3.66. The summed E-state index contributed by atoms with van der Waals surface area (Å²) in [5.74, 6) is 0.250. The van der Waals surface area contributed by atoms with Gasteiger partial charge in [-0.2, -0.15) is 4.39 Å². The van der Waals surface area contributed by atoms with E-state index in [1.54, 1.807) is 18.2 Å². The topological polar surface area (TPSA) is 50.7 Å². The van der Waals surface area contributed by atoms with Crippen LogP contribution in [-0.2, 0) is 0 Å². The van der Waals surface area contributed by atoms with Gasteiger partial charge in [-0.15, -0.1) is 0 Å². The molecule has 20 heavy (non-hydrogen) atoms. The lowest BCUT2D eigenvalue weighted by atomic mass is 9.95. The smallest absolute Gasteiger partial charge is 0.222 e. The number of anilines is 1. The first kappa shape index (κ1) is 13.0. The maximum absolute atomic E-state index is 13.7. The Labute approximate surface area is 117 Å². The number of hydrogen-bond donors (Lipinski definition) is 1. The van der Waals surface area contributed by atoms with Crippen molar-refractivity contribution in [2.45, 2.75) is 38.1 Å². The molecular formula is C15H17FN4. The molecule has 104 valence electrons. The fourth-order valence-corrected chi connectivity index (χ4v) is 2.62. The van der Waals surface area contributed by atoms with Crippen molar-refractivity contribution in [2.24, 2.45) is 0 Å². The normalized spacial score (nSPS) is 16.1. The standard InChI is InChI=1S/C15H17FN4/c16-15-12(7-4-8-17-15)13-9-14(19-10-18-13)20-11-5-2-1-3-6-11/h4,7-11H,1-3,5-6H2,(H,18,19,20). The predicted octanol–water partition coefficient (Wildman–Crippen LogP) is 3.42. The molecule has 0 saturated heterocycles. The third-order valence-electron chi connectivity index (χ3n) is 3.66. The van der Waals surface area contributed by atoms with Crippen LogP contribution in [0.1, 0.15) is 32.1 Å². The van der Waals surface area contributed by atoms with E-state index in [9.17, 15) is 4.39 Å². The average Bonchev–Trinajstić information content (AvgIpc) is 2.49. The number of aromatic nitrogens is 3. The van der Waals surface area contributed by atoms with Gasteiger partial charge in [0, 0.05) is 18.3 Å². The second-order valence-corrected chi connectivity index (χ2v) is 5.11. The minimum Gasteiger partial charge on any atom is -0.367 e. The Morgan fingerprint density at radius 1 is 1.10 bits per heavy atom. The molecule has 1 fully saturated rings. The summed E-state index contributed by atoms with van der Waals surface area (Å²) in [5, 5.41) is 3.42. The summed E-state index contributed by atoms with van der Waals surface area (Å²) >= 11 is 0. The Hall–Kier alpha value is -2.04. The monoisotopic (exact) mass is 272 g/mol. The summed E-state index contributed by atoms with van der Waals surface area (Å²) in [6.07, 6.45) is 9.06. The van der Waals surface area contributed by atoms with Crippen LogP contribution in [0.25, 0.3) is 11.3 Å². The average molecular weight is 272 g/mol. The van der Waals surface area contributed by atoms with Crippen molar-refractivity contribution in [3.05, 3.63) is 36.7 Å².